The van der Waals surface area contributed by atoms with E-state index < -0.39 is 0 Å². The molecule has 1 aromatic rings. The Hall–Kier alpha value is -0.800. The fourth-order valence-corrected chi connectivity index (χ4v) is 1.77. The lowest BCUT2D eigenvalue weighted by Crippen LogP contribution is -2.12. The number of halogens is 1. The molecule has 17 heavy (non-hydrogen) atoms. The van der Waals surface area contributed by atoms with E-state index in [2.05, 4.69) is 40.8 Å². The van der Waals surface area contributed by atoms with E-state index in [9.17, 15) is 0 Å². The summed E-state index contributed by atoms with van der Waals surface area (Å²) in [5.41, 5.74) is 2.37. The Morgan fingerprint density at radius 3 is 2.88 bits per heavy atom. The van der Waals surface area contributed by atoms with E-state index in [0.717, 1.165) is 35.3 Å². The van der Waals surface area contributed by atoms with Crippen LogP contribution in [0.1, 0.15) is 25.8 Å². The molecule has 0 aliphatic carbocycles. The molecular formula is C14H20BrNO. The molecule has 2 nitrogen and oxygen atoms in total. The Labute approximate surface area is 112 Å². The van der Waals surface area contributed by atoms with Crippen LogP contribution in [0.5, 0.6) is 5.75 Å². The van der Waals surface area contributed by atoms with Crippen molar-refractivity contribution in [3.63, 3.8) is 0 Å². The smallest absolute Gasteiger partial charge is 0.119 e. The van der Waals surface area contributed by atoms with Crippen molar-refractivity contribution < 1.29 is 4.74 Å². The first kappa shape index (κ1) is 14.3. The van der Waals surface area contributed by atoms with Crippen LogP contribution in [0.25, 0.3) is 0 Å². The lowest BCUT2D eigenvalue weighted by molar-refractivity contribution is 0.321. The van der Waals surface area contributed by atoms with Crippen LogP contribution in [0.3, 0.4) is 0 Å². The first-order valence-electron chi connectivity index (χ1n) is 5.89. The molecule has 3 heteroatoms. The van der Waals surface area contributed by atoms with Gasteiger partial charge in [0, 0.05) is 17.4 Å². The van der Waals surface area contributed by atoms with Gasteiger partial charge in [-0.15, -0.1) is 6.58 Å². The number of nitrogens with one attached hydrogen (secondary N) is 1. The van der Waals surface area contributed by atoms with Gasteiger partial charge in [-0.05, 0) is 37.2 Å². The summed E-state index contributed by atoms with van der Waals surface area (Å²) in [7, 11) is 0. The highest BCUT2D eigenvalue weighted by molar-refractivity contribution is 9.10. The molecular weight excluding hydrogens is 278 g/mol. The zero-order chi connectivity index (χ0) is 12.7. The van der Waals surface area contributed by atoms with Crippen LogP contribution in [-0.2, 0) is 6.54 Å². The van der Waals surface area contributed by atoms with Crippen LogP contribution >= 0.6 is 15.9 Å². The van der Waals surface area contributed by atoms with Crippen molar-refractivity contribution in [2.45, 2.75) is 26.8 Å². The van der Waals surface area contributed by atoms with Gasteiger partial charge in [-0.2, -0.15) is 0 Å². The van der Waals surface area contributed by atoms with Gasteiger partial charge in [-0.3, -0.25) is 0 Å². The lowest BCUT2D eigenvalue weighted by atomic mass is 10.2. The van der Waals surface area contributed by atoms with Crippen molar-refractivity contribution in [1.29, 1.82) is 0 Å². The third kappa shape index (κ3) is 5.37. The Morgan fingerprint density at radius 1 is 1.47 bits per heavy atom. The Balaban J connectivity index is 2.58. The molecule has 0 saturated carbocycles. The molecule has 1 N–H and O–H groups in total. The second-order valence-electron chi connectivity index (χ2n) is 4.09. The molecule has 1 rings (SSSR count). The van der Waals surface area contributed by atoms with Crippen LogP contribution in [0.15, 0.2) is 34.8 Å². The van der Waals surface area contributed by atoms with Crippen molar-refractivity contribution >= 4 is 15.9 Å². The van der Waals surface area contributed by atoms with E-state index in [1.54, 1.807) is 0 Å². The van der Waals surface area contributed by atoms with E-state index in [4.69, 9.17) is 4.74 Å². The quantitative estimate of drug-likeness (QED) is 0.771. The Kier molecular flexibility index (Phi) is 6.30. The summed E-state index contributed by atoms with van der Waals surface area (Å²) in [6.45, 7) is 10.5. The third-order valence-corrected chi connectivity index (χ3v) is 3.15. The molecule has 0 bridgehead atoms. The minimum atomic E-state index is 0.692. The van der Waals surface area contributed by atoms with Crippen molar-refractivity contribution in [1.82, 2.24) is 5.32 Å². The molecule has 0 aromatic heterocycles. The van der Waals surface area contributed by atoms with E-state index in [-0.39, 0.29) is 0 Å². The highest BCUT2D eigenvalue weighted by atomic mass is 79.9. The van der Waals surface area contributed by atoms with Crippen LogP contribution < -0.4 is 10.1 Å². The van der Waals surface area contributed by atoms with E-state index in [1.165, 1.54) is 5.56 Å². The molecule has 0 spiro atoms. The monoisotopic (exact) mass is 297 g/mol. The van der Waals surface area contributed by atoms with Gasteiger partial charge < -0.3 is 10.1 Å². The molecule has 0 unspecified atom stereocenters. The minimum Gasteiger partial charge on any atom is -0.493 e. The normalized spacial score (nSPS) is 10.3. The molecule has 0 fully saturated rings. The topological polar surface area (TPSA) is 21.3 Å². The van der Waals surface area contributed by atoms with Crippen molar-refractivity contribution in [3.05, 3.63) is 40.4 Å². The van der Waals surface area contributed by atoms with Crippen LogP contribution in [0, 0.1) is 0 Å². The summed E-state index contributed by atoms with van der Waals surface area (Å²) in [5, 5.41) is 3.31. The number of rotatable bonds is 7. The zero-order valence-corrected chi connectivity index (χ0v) is 12.1. The van der Waals surface area contributed by atoms with Crippen molar-refractivity contribution in [2.24, 2.45) is 0 Å². The number of ether oxygens (including phenoxy) is 1. The lowest BCUT2D eigenvalue weighted by Gasteiger charge is -2.10. The minimum absolute atomic E-state index is 0.692. The maximum Gasteiger partial charge on any atom is 0.119 e. The highest BCUT2D eigenvalue weighted by Gasteiger charge is 2.02. The van der Waals surface area contributed by atoms with E-state index in [0.29, 0.717) is 6.61 Å². The van der Waals surface area contributed by atoms with Crippen molar-refractivity contribution in [2.75, 3.05) is 13.2 Å². The number of hydrogen-bond acceptors (Lipinski definition) is 2. The molecule has 0 amide bonds. The Bertz CT molecular complexity index is 376. The Morgan fingerprint density at radius 2 is 2.24 bits per heavy atom. The van der Waals surface area contributed by atoms with Gasteiger partial charge in [0.15, 0.2) is 0 Å². The molecule has 94 valence electrons. The zero-order valence-electron chi connectivity index (χ0n) is 10.6. The molecule has 0 atom stereocenters. The molecule has 0 radical (unpaired) electrons. The first-order chi connectivity index (χ1) is 8.13. The maximum absolute atomic E-state index is 5.68. The molecule has 0 saturated heterocycles. The van der Waals surface area contributed by atoms with Crippen LogP contribution in [0.2, 0.25) is 0 Å². The summed E-state index contributed by atoms with van der Waals surface area (Å²) < 4.78 is 6.80. The average molecular weight is 298 g/mol. The molecule has 0 aliphatic heterocycles. The van der Waals surface area contributed by atoms with Gasteiger partial charge in [0.05, 0.1) is 6.61 Å². The molecule has 0 aliphatic rings. The van der Waals surface area contributed by atoms with Gasteiger partial charge in [-0.1, -0.05) is 28.4 Å². The van der Waals surface area contributed by atoms with Gasteiger partial charge in [0.1, 0.15) is 5.75 Å². The van der Waals surface area contributed by atoms with E-state index >= 15 is 0 Å². The number of benzene rings is 1. The molecule has 0 heterocycles. The van der Waals surface area contributed by atoms with Gasteiger partial charge in [-0.25, -0.2) is 0 Å². The van der Waals surface area contributed by atoms with Crippen molar-refractivity contribution in [3.8, 4) is 5.75 Å². The fourth-order valence-electron chi connectivity index (χ4n) is 1.38. The summed E-state index contributed by atoms with van der Waals surface area (Å²) in [6, 6.07) is 6.09. The summed E-state index contributed by atoms with van der Waals surface area (Å²) in [6.07, 6.45) is 0.901. The second-order valence-corrected chi connectivity index (χ2v) is 4.94. The predicted octanol–water partition coefficient (Wildman–Crippen LogP) is 3.90. The molecule has 1 aromatic carbocycles. The summed E-state index contributed by atoms with van der Waals surface area (Å²) in [5.74, 6) is 0.919. The SMILES string of the molecule is C=C(C)CCOc1ccc(Br)c(CNCC)c1. The van der Waals surface area contributed by atoms with Gasteiger partial charge >= 0.3 is 0 Å². The standard InChI is InChI=1S/C14H20BrNO/c1-4-16-10-12-9-13(5-6-14(12)15)17-8-7-11(2)3/h5-6,9,16H,2,4,7-8,10H2,1,3H3. The van der Waals surface area contributed by atoms with Crippen LogP contribution in [-0.4, -0.2) is 13.2 Å². The fraction of sp³-hybridized carbons (Fsp3) is 0.429. The number of hydrogen-bond donors (Lipinski definition) is 1. The maximum atomic E-state index is 5.68. The predicted molar refractivity (Wildman–Crippen MR) is 76.4 cm³/mol. The first-order valence-corrected chi connectivity index (χ1v) is 6.69. The summed E-state index contributed by atoms with van der Waals surface area (Å²) in [4.78, 5) is 0. The second kappa shape index (κ2) is 7.51. The van der Waals surface area contributed by atoms with Gasteiger partial charge in [0.25, 0.3) is 0 Å². The third-order valence-electron chi connectivity index (χ3n) is 2.38. The average Bonchev–Trinajstić information content (AvgIpc) is 2.29. The van der Waals surface area contributed by atoms with Gasteiger partial charge in [0.2, 0.25) is 0 Å². The highest BCUT2D eigenvalue weighted by Crippen LogP contribution is 2.22. The van der Waals surface area contributed by atoms with E-state index in [1.807, 2.05) is 19.1 Å². The van der Waals surface area contributed by atoms with Crippen LogP contribution in [0.4, 0.5) is 0 Å². The largest absolute Gasteiger partial charge is 0.493 e. The summed E-state index contributed by atoms with van der Waals surface area (Å²) >= 11 is 3.54.